The van der Waals surface area contributed by atoms with Crippen LogP contribution in [0.2, 0.25) is 0 Å². The molecule has 0 fully saturated rings. The Balaban J connectivity index is 4.58. The van der Waals surface area contributed by atoms with E-state index in [1.54, 1.807) is 24.3 Å². The van der Waals surface area contributed by atoms with Gasteiger partial charge in [-0.1, -0.05) is 155 Å². The molecule has 0 aromatic rings. The lowest BCUT2D eigenvalue weighted by Crippen LogP contribution is -2.29. The summed E-state index contributed by atoms with van der Waals surface area (Å²) in [6, 6.07) is 0. The molecule has 0 aliphatic heterocycles. The molecule has 0 spiro atoms. The van der Waals surface area contributed by atoms with Crippen LogP contribution in [0.15, 0.2) is 122 Å². The first-order valence-corrected chi connectivity index (χ1v) is 24.1. The molecule has 2 unspecified atom stereocenters. The summed E-state index contributed by atoms with van der Waals surface area (Å²) >= 11 is 0. The van der Waals surface area contributed by atoms with Crippen molar-refractivity contribution >= 4 is 19.8 Å². The van der Waals surface area contributed by atoms with Crippen molar-refractivity contribution in [2.24, 2.45) is 0 Å². The van der Waals surface area contributed by atoms with Gasteiger partial charge in [0.1, 0.15) is 12.7 Å². The van der Waals surface area contributed by atoms with Crippen molar-refractivity contribution in [2.45, 2.75) is 154 Å². The SMILES string of the molecule is CC/C=C\C/C=C\C/C=C\C/C=C\C=C/C(O)C/C=C\CCC(=O)O[C@H](COC(=O)CCCCC/C=C\C/C=C\C/C=C\C/C=C\CCCCC)COP(=O)(O)OC[C@@H](O)CO. The van der Waals surface area contributed by atoms with Crippen LogP contribution in [0.4, 0.5) is 0 Å². The van der Waals surface area contributed by atoms with Gasteiger partial charge in [-0.3, -0.25) is 18.6 Å². The van der Waals surface area contributed by atoms with E-state index < -0.39 is 64.5 Å². The summed E-state index contributed by atoms with van der Waals surface area (Å²) < 4.78 is 32.6. The fourth-order valence-electron chi connectivity index (χ4n) is 5.20. The van der Waals surface area contributed by atoms with Crippen LogP contribution in [0.3, 0.4) is 0 Å². The Morgan fingerprint density at radius 3 is 1.68 bits per heavy atom. The van der Waals surface area contributed by atoms with Crippen LogP contribution >= 0.6 is 7.82 Å². The number of aliphatic hydroxyl groups is 3. The maximum Gasteiger partial charge on any atom is 0.472 e. The van der Waals surface area contributed by atoms with Crippen LogP contribution in [0.25, 0.3) is 0 Å². The number of phosphoric acid groups is 1. The number of allylic oxidation sites excluding steroid dienone is 18. The molecule has 0 amide bonds. The molecule has 0 aromatic heterocycles. The maximum atomic E-state index is 12.6. The van der Waals surface area contributed by atoms with E-state index in [1.807, 2.05) is 12.2 Å². The first-order chi connectivity index (χ1) is 30.1. The highest BCUT2D eigenvalue weighted by Crippen LogP contribution is 2.43. The zero-order valence-electron chi connectivity index (χ0n) is 37.6. The topological polar surface area (TPSA) is 169 Å². The Hall–Kier alpha value is -3.67. The standard InChI is InChI=1S/C50H79O11P/c1-3-5-7-9-11-13-15-17-18-19-20-21-22-24-26-28-30-32-36-40-49(54)58-44-48(45-60-62(56,57)59-43-47(53)42-51)61-50(55)41-37-33-35-39-46(52)38-34-31-29-27-25-23-16-14-12-10-8-6-4-2/h6,8,11-14,17-18,20-21,23-26,29,31,33-35,38,46-48,51-53H,3-5,7,9-10,15-16,19,22,27-28,30,32,36-37,39-45H2,1-2H3,(H,56,57)/b8-6-,13-11-,14-12-,18-17-,21-20-,25-23-,26-24-,31-29-,35-33-,38-34-/t46?,47-,48+/m0/s1. The summed E-state index contributed by atoms with van der Waals surface area (Å²) in [5.41, 5.74) is 0. The minimum Gasteiger partial charge on any atom is -0.462 e. The van der Waals surface area contributed by atoms with Crippen molar-refractivity contribution < 1.29 is 52.9 Å². The lowest BCUT2D eigenvalue weighted by molar-refractivity contribution is -0.161. The van der Waals surface area contributed by atoms with Crippen LogP contribution < -0.4 is 0 Å². The zero-order valence-corrected chi connectivity index (χ0v) is 38.5. The second-order valence-corrected chi connectivity index (χ2v) is 16.0. The third-order valence-corrected chi connectivity index (χ3v) is 9.64. The van der Waals surface area contributed by atoms with E-state index in [0.29, 0.717) is 19.3 Å². The summed E-state index contributed by atoms with van der Waals surface area (Å²) in [4.78, 5) is 35.0. The van der Waals surface area contributed by atoms with Gasteiger partial charge in [-0.05, 0) is 89.9 Å². The molecule has 62 heavy (non-hydrogen) atoms. The minimum atomic E-state index is -4.69. The van der Waals surface area contributed by atoms with Crippen LogP contribution in [-0.4, -0.2) is 76.9 Å². The number of esters is 2. The van der Waals surface area contributed by atoms with E-state index in [4.69, 9.17) is 19.1 Å². The molecule has 12 heteroatoms. The largest absolute Gasteiger partial charge is 0.472 e. The minimum absolute atomic E-state index is 0.0374. The predicted molar refractivity (Wildman–Crippen MR) is 252 cm³/mol. The van der Waals surface area contributed by atoms with Crippen molar-refractivity contribution in [3.8, 4) is 0 Å². The highest BCUT2D eigenvalue weighted by molar-refractivity contribution is 7.47. The molecular formula is C50H79O11P. The summed E-state index contributed by atoms with van der Waals surface area (Å²) in [6.07, 6.45) is 53.4. The highest BCUT2D eigenvalue weighted by Gasteiger charge is 2.27. The van der Waals surface area contributed by atoms with E-state index in [-0.39, 0.29) is 12.8 Å². The average molecular weight is 887 g/mol. The number of unbranched alkanes of at least 4 members (excludes halogenated alkanes) is 6. The average Bonchev–Trinajstić information content (AvgIpc) is 3.26. The molecule has 4 N–H and O–H groups in total. The van der Waals surface area contributed by atoms with Crippen molar-refractivity contribution in [3.05, 3.63) is 122 Å². The first kappa shape index (κ1) is 58.3. The molecule has 350 valence electrons. The number of aliphatic hydroxyl groups excluding tert-OH is 3. The molecule has 0 saturated heterocycles. The van der Waals surface area contributed by atoms with Gasteiger partial charge in [0.2, 0.25) is 0 Å². The smallest absolute Gasteiger partial charge is 0.462 e. The number of hydrogen-bond donors (Lipinski definition) is 4. The number of hydrogen-bond acceptors (Lipinski definition) is 10. The highest BCUT2D eigenvalue weighted by atomic mass is 31.2. The molecule has 0 rings (SSSR count). The molecule has 0 aromatic carbocycles. The molecule has 4 atom stereocenters. The Labute approximate surface area is 373 Å². The summed E-state index contributed by atoms with van der Waals surface area (Å²) in [5, 5.41) is 28.6. The Morgan fingerprint density at radius 1 is 0.565 bits per heavy atom. The molecule has 0 aliphatic carbocycles. The molecule has 11 nitrogen and oxygen atoms in total. The first-order valence-electron chi connectivity index (χ1n) is 22.6. The van der Waals surface area contributed by atoms with Crippen LogP contribution in [0, 0.1) is 0 Å². The molecule has 0 radical (unpaired) electrons. The monoisotopic (exact) mass is 887 g/mol. The van der Waals surface area contributed by atoms with Gasteiger partial charge in [0.05, 0.1) is 25.9 Å². The molecule has 0 saturated carbocycles. The van der Waals surface area contributed by atoms with Crippen molar-refractivity contribution in [2.75, 3.05) is 26.4 Å². The number of carbonyl (C=O) groups excluding carboxylic acids is 2. The second kappa shape index (κ2) is 44.0. The molecule has 0 aliphatic rings. The molecule has 0 heterocycles. The predicted octanol–water partition coefficient (Wildman–Crippen LogP) is 11.3. The van der Waals surface area contributed by atoms with Gasteiger partial charge in [-0.2, -0.15) is 0 Å². The number of ether oxygens (including phenoxy) is 2. The van der Waals surface area contributed by atoms with Crippen LogP contribution in [0.5, 0.6) is 0 Å². The van der Waals surface area contributed by atoms with Crippen molar-refractivity contribution in [1.29, 1.82) is 0 Å². The third kappa shape index (κ3) is 43.0. The van der Waals surface area contributed by atoms with E-state index in [9.17, 15) is 29.3 Å². The van der Waals surface area contributed by atoms with Gasteiger partial charge in [-0.15, -0.1) is 0 Å². The van der Waals surface area contributed by atoms with Crippen LogP contribution in [-0.2, 0) is 32.7 Å². The fourth-order valence-corrected chi connectivity index (χ4v) is 5.99. The lowest BCUT2D eigenvalue weighted by atomic mass is 10.1. The van der Waals surface area contributed by atoms with Gasteiger partial charge in [0, 0.05) is 12.8 Å². The number of rotatable bonds is 40. The van der Waals surface area contributed by atoms with Crippen molar-refractivity contribution in [3.63, 3.8) is 0 Å². The normalized spacial score (nSPS) is 15.4. The third-order valence-electron chi connectivity index (χ3n) is 8.69. The Bertz CT molecular complexity index is 1450. The maximum absolute atomic E-state index is 12.6. The Morgan fingerprint density at radius 2 is 1.10 bits per heavy atom. The zero-order chi connectivity index (χ0) is 45.6. The molecular weight excluding hydrogens is 808 g/mol. The van der Waals surface area contributed by atoms with E-state index >= 15 is 0 Å². The Kier molecular flexibility index (Phi) is 41.4. The summed E-state index contributed by atoms with van der Waals surface area (Å²) in [6.45, 7) is 1.97. The fraction of sp³-hybridized carbons (Fsp3) is 0.560. The molecule has 0 bridgehead atoms. The van der Waals surface area contributed by atoms with Crippen LogP contribution in [0.1, 0.15) is 136 Å². The quantitative estimate of drug-likeness (QED) is 0.0152. The summed E-state index contributed by atoms with van der Waals surface area (Å²) in [5.74, 6) is -1.16. The van der Waals surface area contributed by atoms with Gasteiger partial charge in [-0.25, -0.2) is 4.57 Å². The van der Waals surface area contributed by atoms with E-state index in [2.05, 4.69) is 103 Å². The van der Waals surface area contributed by atoms with Gasteiger partial charge < -0.3 is 29.7 Å². The second-order valence-electron chi connectivity index (χ2n) is 14.5. The number of carbonyl (C=O) groups is 2. The van der Waals surface area contributed by atoms with E-state index in [1.165, 1.54) is 25.7 Å². The van der Waals surface area contributed by atoms with Gasteiger partial charge in [0.15, 0.2) is 6.10 Å². The summed E-state index contributed by atoms with van der Waals surface area (Å²) in [7, 11) is -4.69. The van der Waals surface area contributed by atoms with Crippen molar-refractivity contribution in [1.82, 2.24) is 0 Å². The lowest BCUT2D eigenvalue weighted by Gasteiger charge is -2.20. The van der Waals surface area contributed by atoms with Gasteiger partial charge >= 0.3 is 19.8 Å². The number of phosphoric ester groups is 1. The van der Waals surface area contributed by atoms with E-state index in [0.717, 1.165) is 64.2 Å². The van der Waals surface area contributed by atoms with Gasteiger partial charge in [0.25, 0.3) is 0 Å².